The first-order valence-corrected chi connectivity index (χ1v) is 17.6. The molecule has 0 spiro atoms. The van der Waals surface area contributed by atoms with E-state index in [1.165, 1.54) is 29.2 Å². The molecule has 4 aromatic rings. The molecule has 246 valence electrons. The molecule has 10 heteroatoms. The highest BCUT2D eigenvalue weighted by Gasteiger charge is 2.36. The van der Waals surface area contributed by atoms with Crippen molar-refractivity contribution in [2.75, 3.05) is 10.8 Å². The number of nitrogens with one attached hydrogen (secondary N) is 1. The van der Waals surface area contributed by atoms with Crippen LogP contribution in [0.25, 0.3) is 0 Å². The number of sulfonamides is 1. The molecule has 1 aliphatic rings. The van der Waals surface area contributed by atoms with Crippen molar-refractivity contribution >= 4 is 39.1 Å². The minimum atomic E-state index is -4.24. The number of carbonyl (C=O) groups is 2. The molecular formula is C37H39ClFN3O4S. The Kier molecular flexibility index (Phi) is 11.0. The Hall–Kier alpha value is -4.21. The number of halogens is 2. The first kappa shape index (κ1) is 34.1. The van der Waals surface area contributed by atoms with E-state index in [1.807, 2.05) is 37.3 Å². The van der Waals surface area contributed by atoms with Crippen LogP contribution in [0.5, 0.6) is 0 Å². The van der Waals surface area contributed by atoms with Crippen molar-refractivity contribution < 1.29 is 22.4 Å². The second-order valence-corrected chi connectivity index (χ2v) is 14.4. The van der Waals surface area contributed by atoms with Gasteiger partial charge in [-0.15, -0.1) is 0 Å². The molecule has 0 aliphatic heterocycles. The third-order valence-corrected chi connectivity index (χ3v) is 10.6. The van der Waals surface area contributed by atoms with E-state index in [-0.39, 0.29) is 29.8 Å². The lowest BCUT2D eigenvalue weighted by Gasteiger charge is -2.34. The summed E-state index contributed by atoms with van der Waals surface area (Å²) in [5.41, 5.74) is 3.18. The van der Waals surface area contributed by atoms with Gasteiger partial charge in [0.2, 0.25) is 11.8 Å². The van der Waals surface area contributed by atoms with Gasteiger partial charge in [0, 0.05) is 24.0 Å². The second kappa shape index (κ2) is 15.1. The average Bonchev–Trinajstić information content (AvgIpc) is 3.56. The van der Waals surface area contributed by atoms with Gasteiger partial charge in [-0.05, 0) is 85.8 Å². The normalized spacial score (nSPS) is 14.0. The van der Waals surface area contributed by atoms with Gasteiger partial charge in [-0.25, -0.2) is 12.8 Å². The van der Waals surface area contributed by atoms with E-state index in [9.17, 15) is 22.4 Å². The van der Waals surface area contributed by atoms with Crippen LogP contribution in [0, 0.1) is 19.7 Å². The van der Waals surface area contributed by atoms with Gasteiger partial charge >= 0.3 is 0 Å². The van der Waals surface area contributed by atoms with Crippen LogP contribution in [0.4, 0.5) is 10.1 Å². The molecule has 0 bridgehead atoms. The van der Waals surface area contributed by atoms with Crippen molar-refractivity contribution in [3.63, 3.8) is 0 Å². The maximum Gasteiger partial charge on any atom is 0.264 e. The summed E-state index contributed by atoms with van der Waals surface area (Å²) in [5.74, 6) is -1.33. The van der Waals surface area contributed by atoms with Crippen molar-refractivity contribution in [3.05, 3.63) is 130 Å². The minimum absolute atomic E-state index is 0.00123. The van der Waals surface area contributed by atoms with Gasteiger partial charge in [0.1, 0.15) is 18.4 Å². The fourth-order valence-corrected chi connectivity index (χ4v) is 7.66. The molecule has 5 rings (SSSR count). The smallest absolute Gasteiger partial charge is 0.264 e. The van der Waals surface area contributed by atoms with Gasteiger partial charge in [0.25, 0.3) is 10.0 Å². The van der Waals surface area contributed by atoms with E-state index in [1.54, 1.807) is 49.4 Å². The van der Waals surface area contributed by atoms with Crippen LogP contribution in [0.2, 0.25) is 5.02 Å². The molecule has 0 radical (unpaired) electrons. The summed E-state index contributed by atoms with van der Waals surface area (Å²) in [6, 6.07) is 25.4. The van der Waals surface area contributed by atoms with Crippen LogP contribution in [0.1, 0.15) is 47.9 Å². The van der Waals surface area contributed by atoms with E-state index < -0.39 is 34.3 Å². The van der Waals surface area contributed by atoms with Crippen LogP contribution >= 0.6 is 11.6 Å². The van der Waals surface area contributed by atoms with Crippen molar-refractivity contribution in [2.24, 2.45) is 0 Å². The third-order valence-electron chi connectivity index (χ3n) is 8.55. The molecule has 2 amide bonds. The lowest BCUT2D eigenvalue weighted by Crippen LogP contribution is -2.54. The van der Waals surface area contributed by atoms with Gasteiger partial charge in [-0.2, -0.15) is 0 Å². The summed E-state index contributed by atoms with van der Waals surface area (Å²) in [4.78, 5) is 30.1. The standard InChI is InChI=1S/C37H39ClFN3O4S/c1-26-12-19-33(20-13-26)47(45,46)42(34-21-16-30(38)22-27(34)2)25-36(43)41(24-29-14-17-31(39)18-15-29)35(23-28-8-4-3-5-9-28)37(44)40-32-10-6-7-11-32/h3-5,8-9,12-22,32,35H,6-7,10-11,23-25H2,1-2H3,(H,40,44)/t35-/m0/s1. The molecule has 0 aromatic heterocycles. The van der Waals surface area contributed by atoms with Crippen LogP contribution < -0.4 is 9.62 Å². The molecule has 47 heavy (non-hydrogen) atoms. The first-order chi connectivity index (χ1) is 22.5. The van der Waals surface area contributed by atoms with Gasteiger partial charge < -0.3 is 10.2 Å². The monoisotopic (exact) mass is 675 g/mol. The predicted octanol–water partition coefficient (Wildman–Crippen LogP) is 6.99. The van der Waals surface area contributed by atoms with Crippen LogP contribution in [0.15, 0.2) is 102 Å². The SMILES string of the molecule is Cc1ccc(S(=O)(=O)N(CC(=O)N(Cc2ccc(F)cc2)[C@@H](Cc2ccccc2)C(=O)NC2CCCC2)c2ccc(Cl)cc2C)cc1. The predicted molar refractivity (Wildman–Crippen MR) is 183 cm³/mol. The topological polar surface area (TPSA) is 86.8 Å². The number of rotatable bonds is 12. The van der Waals surface area contributed by atoms with E-state index in [2.05, 4.69) is 5.32 Å². The first-order valence-electron chi connectivity index (χ1n) is 15.7. The van der Waals surface area contributed by atoms with E-state index >= 15 is 0 Å². The van der Waals surface area contributed by atoms with Gasteiger partial charge in [0.15, 0.2) is 0 Å². The number of nitrogens with zero attached hydrogens (tertiary/aromatic N) is 2. The Balaban J connectivity index is 1.58. The van der Waals surface area contributed by atoms with E-state index in [0.717, 1.165) is 41.1 Å². The molecule has 4 aromatic carbocycles. The lowest BCUT2D eigenvalue weighted by molar-refractivity contribution is -0.140. The van der Waals surface area contributed by atoms with Gasteiger partial charge in [-0.3, -0.25) is 13.9 Å². The molecule has 0 heterocycles. The Morgan fingerprint density at radius 1 is 0.894 bits per heavy atom. The highest BCUT2D eigenvalue weighted by Crippen LogP contribution is 2.30. The Morgan fingerprint density at radius 2 is 1.55 bits per heavy atom. The lowest BCUT2D eigenvalue weighted by atomic mass is 10.0. The van der Waals surface area contributed by atoms with Gasteiger partial charge in [0.05, 0.1) is 10.6 Å². The maximum atomic E-state index is 14.6. The molecule has 0 saturated heterocycles. The number of hydrogen-bond donors (Lipinski definition) is 1. The number of anilines is 1. The molecule has 0 unspecified atom stereocenters. The van der Waals surface area contributed by atoms with Crippen molar-refractivity contribution in [1.82, 2.24) is 10.2 Å². The van der Waals surface area contributed by atoms with Crippen LogP contribution in [0.3, 0.4) is 0 Å². The van der Waals surface area contributed by atoms with Gasteiger partial charge in [-0.1, -0.05) is 84.6 Å². The molecule has 1 N–H and O–H groups in total. The summed E-state index contributed by atoms with van der Waals surface area (Å²) < 4.78 is 43.5. The van der Waals surface area contributed by atoms with E-state index in [4.69, 9.17) is 11.6 Å². The quantitative estimate of drug-likeness (QED) is 0.175. The van der Waals surface area contributed by atoms with Crippen LogP contribution in [-0.4, -0.2) is 43.8 Å². The van der Waals surface area contributed by atoms with Crippen molar-refractivity contribution in [2.45, 2.75) is 69.5 Å². The fraction of sp³-hybridized carbons (Fsp3) is 0.297. The molecule has 1 fully saturated rings. The number of benzene rings is 4. The molecule has 1 atom stereocenters. The number of amides is 2. The summed E-state index contributed by atoms with van der Waals surface area (Å²) >= 11 is 6.24. The zero-order valence-electron chi connectivity index (χ0n) is 26.5. The summed E-state index contributed by atoms with van der Waals surface area (Å²) in [6.07, 6.45) is 3.94. The highest BCUT2D eigenvalue weighted by atomic mass is 35.5. The zero-order valence-corrected chi connectivity index (χ0v) is 28.1. The molecule has 7 nitrogen and oxygen atoms in total. The molecule has 1 saturated carbocycles. The second-order valence-electron chi connectivity index (χ2n) is 12.1. The number of aryl methyl sites for hydroxylation is 2. The van der Waals surface area contributed by atoms with Crippen LogP contribution in [-0.2, 0) is 32.6 Å². The summed E-state index contributed by atoms with van der Waals surface area (Å²) in [6.45, 7) is 2.97. The highest BCUT2D eigenvalue weighted by molar-refractivity contribution is 7.92. The Bertz CT molecular complexity index is 1800. The van der Waals surface area contributed by atoms with E-state index in [0.29, 0.717) is 21.8 Å². The molecular weight excluding hydrogens is 637 g/mol. The average molecular weight is 676 g/mol. The molecule has 1 aliphatic carbocycles. The number of hydrogen-bond acceptors (Lipinski definition) is 4. The fourth-order valence-electron chi connectivity index (χ4n) is 5.96. The van der Waals surface area contributed by atoms with Crippen molar-refractivity contribution in [3.8, 4) is 0 Å². The zero-order chi connectivity index (χ0) is 33.6. The number of carbonyl (C=O) groups excluding carboxylic acids is 2. The minimum Gasteiger partial charge on any atom is -0.352 e. The third kappa shape index (κ3) is 8.58. The summed E-state index contributed by atoms with van der Waals surface area (Å²) in [7, 11) is -4.24. The Labute approximate surface area is 281 Å². The summed E-state index contributed by atoms with van der Waals surface area (Å²) in [5, 5.41) is 3.58. The Morgan fingerprint density at radius 3 is 2.19 bits per heavy atom. The maximum absolute atomic E-state index is 14.6. The van der Waals surface area contributed by atoms with Crippen molar-refractivity contribution in [1.29, 1.82) is 0 Å². The largest absolute Gasteiger partial charge is 0.352 e.